The highest BCUT2D eigenvalue weighted by Crippen LogP contribution is 2.21. The van der Waals surface area contributed by atoms with Crippen molar-refractivity contribution in [2.24, 2.45) is 5.92 Å². The Bertz CT molecular complexity index is 746. The SMILES string of the molecule is CSCc1ccc(C(=O)N2CCC[C@@H](C(=O)Nc3ccccc3)C2)cc1. The smallest absolute Gasteiger partial charge is 0.253 e. The number of nitrogens with zero attached hydrogens (tertiary/aromatic N) is 1. The first-order valence-corrected chi connectivity index (χ1v) is 10.3. The van der Waals surface area contributed by atoms with Crippen LogP contribution in [0.4, 0.5) is 5.69 Å². The van der Waals surface area contributed by atoms with Crippen molar-refractivity contribution in [3.8, 4) is 0 Å². The number of hydrogen-bond acceptors (Lipinski definition) is 3. The summed E-state index contributed by atoms with van der Waals surface area (Å²) >= 11 is 1.76. The Morgan fingerprint density at radius 2 is 1.85 bits per heavy atom. The molecule has 3 rings (SSSR count). The fourth-order valence-corrected chi connectivity index (χ4v) is 3.76. The normalized spacial score (nSPS) is 17.0. The molecule has 1 heterocycles. The predicted molar refractivity (Wildman–Crippen MR) is 107 cm³/mol. The summed E-state index contributed by atoms with van der Waals surface area (Å²) in [5.74, 6) is 0.783. The van der Waals surface area contributed by atoms with Gasteiger partial charge >= 0.3 is 0 Å². The van der Waals surface area contributed by atoms with E-state index in [2.05, 4.69) is 11.6 Å². The van der Waals surface area contributed by atoms with Gasteiger partial charge in [0.15, 0.2) is 0 Å². The van der Waals surface area contributed by atoms with Crippen molar-refractivity contribution < 1.29 is 9.59 Å². The van der Waals surface area contributed by atoms with E-state index in [9.17, 15) is 9.59 Å². The Labute approximate surface area is 159 Å². The quantitative estimate of drug-likeness (QED) is 0.866. The van der Waals surface area contributed by atoms with Crippen LogP contribution in [0, 0.1) is 5.92 Å². The van der Waals surface area contributed by atoms with Gasteiger partial charge in [0.1, 0.15) is 0 Å². The molecule has 136 valence electrons. The lowest BCUT2D eigenvalue weighted by Gasteiger charge is -2.32. The third-order valence-electron chi connectivity index (χ3n) is 4.63. The van der Waals surface area contributed by atoms with Crippen LogP contribution in [0.1, 0.15) is 28.8 Å². The van der Waals surface area contributed by atoms with Gasteiger partial charge in [0.25, 0.3) is 5.91 Å². The molecule has 2 aromatic carbocycles. The molecule has 5 heteroatoms. The molecule has 1 aliphatic heterocycles. The van der Waals surface area contributed by atoms with Gasteiger partial charge in [-0.3, -0.25) is 9.59 Å². The number of thioether (sulfide) groups is 1. The molecule has 1 atom stereocenters. The van der Waals surface area contributed by atoms with Gasteiger partial charge < -0.3 is 10.2 Å². The summed E-state index contributed by atoms with van der Waals surface area (Å²) in [4.78, 5) is 27.1. The summed E-state index contributed by atoms with van der Waals surface area (Å²) in [6.45, 7) is 1.19. The highest BCUT2D eigenvalue weighted by Gasteiger charge is 2.29. The number of benzene rings is 2. The zero-order valence-corrected chi connectivity index (χ0v) is 15.8. The van der Waals surface area contributed by atoms with Crippen LogP contribution in [0.25, 0.3) is 0 Å². The summed E-state index contributed by atoms with van der Waals surface area (Å²) in [7, 11) is 0. The van der Waals surface area contributed by atoms with Gasteiger partial charge in [-0.25, -0.2) is 0 Å². The first-order valence-electron chi connectivity index (χ1n) is 8.90. The monoisotopic (exact) mass is 368 g/mol. The van der Waals surface area contributed by atoms with Crippen molar-refractivity contribution in [1.82, 2.24) is 4.90 Å². The topological polar surface area (TPSA) is 49.4 Å². The number of nitrogens with one attached hydrogen (secondary N) is 1. The third kappa shape index (κ3) is 4.67. The molecule has 1 N–H and O–H groups in total. The maximum absolute atomic E-state index is 12.8. The first kappa shape index (κ1) is 18.5. The van der Waals surface area contributed by atoms with Crippen LogP contribution in [-0.4, -0.2) is 36.1 Å². The highest BCUT2D eigenvalue weighted by atomic mass is 32.2. The fraction of sp³-hybridized carbons (Fsp3) is 0.333. The van der Waals surface area contributed by atoms with Gasteiger partial charge in [-0.2, -0.15) is 11.8 Å². The number of likely N-dealkylation sites (tertiary alicyclic amines) is 1. The average molecular weight is 369 g/mol. The van der Waals surface area contributed by atoms with Gasteiger partial charge in [-0.15, -0.1) is 0 Å². The van der Waals surface area contributed by atoms with E-state index in [0.717, 1.165) is 24.3 Å². The molecule has 26 heavy (non-hydrogen) atoms. The van der Waals surface area contributed by atoms with Crippen LogP contribution in [-0.2, 0) is 10.5 Å². The lowest BCUT2D eigenvalue weighted by Crippen LogP contribution is -2.43. The van der Waals surface area contributed by atoms with E-state index < -0.39 is 0 Å². The number of piperidine rings is 1. The molecule has 2 amide bonds. The summed E-state index contributed by atoms with van der Waals surface area (Å²) < 4.78 is 0. The van der Waals surface area contributed by atoms with Crippen LogP contribution in [0.2, 0.25) is 0 Å². The number of amides is 2. The zero-order valence-electron chi connectivity index (χ0n) is 15.0. The van der Waals surface area contributed by atoms with Crippen LogP contribution in [0.3, 0.4) is 0 Å². The Hall–Kier alpha value is -2.27. The van der Waals surface area contributed by atoms with E-state index >= 15 is 0 Å². The summed E-state index contributed by atoms with van der Waals surface area (Å²) in [6, 6.07) is 17.3. The first-order chi connectivity index (χ1) is 12.7. The molecule has 0 unspecified atom stereocenters. The minimum Gasteiger partial charge on any atom is -0.338 e. The Kier molecular flexibility index (Phi) is 6.34. The number of hydrogen-bond donors (Lipinski definition) is 1. The van der Waals surface area contributed by atoms with Crippen molar-refractivity contribution in [3.63, 3.8) is 0 Å². The molecular weight excluding hydrogens is 344 g/mol. The number of para-hydroxylation sites is 1. The standard InChI is InChI=1S/C21H24N2O2S/c1-26-15-16-9-11-17(12-10-16)21(25)23-13-5-6-18(14-23)20(24)22-19-7-3-2-4-8-19/h2-4,7-12,18H,5-6,13-15H2,1H3,(H,22,24)/t18-/m1/s1. The Morgan fingerprint density at radius 3 is 2.54 bits per heavy atom. The summed E-state index contributed by atoms with van der Waals surface area (Å²) in [6.07, 6.45) is 3.73. The maximum atomic E-state index is 12.8. The molecule has 0 spiro atoms. The average Bonchev–Trinajstić information content (AvgIpc) is 2.69. The number of rotatable bonds is 5. The van der Waals surface area contributed by atoms with Crippen LogP contribution in [0.5, 0.6) is 0 Å². The van der Waals surface area contributed by atoms with Gasteiger partial charge in [-0.1, -0.05) is 30.3 Å². The van der Waals surface area contributed by atoms with E-state index in [4.69, 9.17) is 0 Å². The van der Waals surface area contributed by atoms with E-state index in [1.54, 1.807) is 11.8 Å². The maximum Gasteiger partial charge on any atom is 0.253 e. The Balaban J connectivity index is 1.62. The van der Waals surface area contributed by atoms with Gasteiger partial charge in [-0.05, 0) is 48.9 Å². The van der Waals surface area contributed by atoms with Gasteiger partial charge in [0.2, 0.25) is 5.91 Å². The van der Waals surface area contributed by atoms with E-state index in [0.29, 0.717) is 18.7 Å². The van der Waals surface area contributed by atoms with Crippen LogP contribution in [0.15, 0.2) is 54.6 Å². The molecule has 2 aromatic rings. The molecule has 0 saturated carbocycles. The predicted octanol–water partition coefficient (Wildman–Crippen LogP) is 4.04. The van der Waals surface area contributed by atoms with Crippen molar-refractivity contribution in [1.29, 1.82) is 0 Å². The largest absolute Gasteiger partial charge is 0.338 e. The van der Waals surface area contributed by atoms with E-state index in [1.165, 1.54) is 5.56 Å². The lowest BCUT2D eigenvalue weighted by atomic mass is 9.96. The van der Waals surface area contributed by atoms with Crippen molar-refractivity contribution in [3.05, 3.63) is 65.7 Å². The molecule has 4 nitrogen and oxygen atoms in total. The molecule has 0 radical (unpaired) electrons. The Morgan fingerprint density at radius 1 is 1.12 bits per heavy atom. The minimum atomic E-state index is -0.163. The van der Waals surface area contributed by atoms with E-state index in [1.807, 2.05) is 59.5 Å². The van der Waals surface area contributed by atoms with Crippen molar-refractivity contribution >= 4 is 29.3 Å². The molecule has 0 bridgehead atoms. The molecular formula is C21H24N2O2S. The summed E-state index contributed by atoms with van der Waals surface area (Å²) in [5, 5.41) is 2.95. The third-order valence-corrected chi connectivity index (χ3v) is 5.25. The van der Waals surface area contributed by atoms with Crippen molar-refractivity contribution in [2.45, 2.75) is 18.6 Å². The number of carbonyl (C=O) groups is 2. The second-order valence-electron chi connectivity index (χ2n) is 6.58. The number of anilines is 1. The van der Waals surface area contributed by atoms with Crippen LogP contribution < -0.4 is 5.32 Å². The molecule has 0 aliphatic carbocycles. The van der Waals surface area contributed by atoms with Crippen LogP contribution >= 0.6 is 11.8 Å². The molecule has 1 saturated heterocycles. The second kappa shape index (κ2) is 8.90. The summed E-state index contributed by atoms with van der Waals surface area (Å²) in [5.41, 5.74) is 2.71. The van der Waals surface area contributed by atoms with E-state index in [-0.39, 0.29) is 17.7 Å². The molecule has 0 aromatic heterocycles. The van der Waals surface area contributed by atoms with Crippen molar-refractivity contribution in [2.75, 3.05) is 24.7 Å². The number of carbonyl (C=O) groups excluding carboxylic acids is 2. The van der Waals surface area contributed by atoms with Gasteiger partial charge in [0.05, 0.1) is 5.92 Å². The fourth-order valence-electron chi connectivity index (χ4n) is 3.23. The van der Waals surface area contributed by atoms with Gasteiger partial charge in [0, 0.05) is 30.1 Å². The molecule has 1 fully saturated rings. The zero-order chi connectivity index (χ0) is 18.4. The second-order valence-corrected chi connectivity index (χ2v) is 7.44. The highest BCUT2D eigenvalue weighted by molar-refractivity contribution is 7.97. The minimum absolute atomic E-state index is 0.0102. The molecule has 1 aliphatic rings. The lowest BCUT2D eigenvalue weighted by molar-refractivity contribution is -0.121.